The van der Waals surface area contributed by atoms with Gasteiger partial charge < -0.3 is 9.47 Å². The lowest BCUT2D eigenvalue weighted by Gasteiger charge is -2.15. The van der Waals surface area contributed by atoms with Crippen molar-refractivity contribution in [3.05, 3.63) is 64.1 Å². The molecular weight excluding hydrogens is 451 g/mol. The SMILES string of the molecule is CCOC(=O)C1(C(=O)OCC)C(c2ccc(Cl)cc2)C1S(=O)(=O)c1ccc(Cl)cc1. The van der Waals surface area contributed by atoms with Gasteiger partial charge in [-0.25, -0.2) is 8.42 Å². The molecule has 0 N–H and O–H groups in total. The predicted octanol–water partition coefficient (Wildman–Crippen LogP) is 4.05. The van der Waals surface area contributed by atoms with E-state index < -0.39 is 38.4 Å². The summed E-state index contributed by atoms with van der Waals surface area (Å²) in [6.45, 7) is 3.14. The summed E-state index contributed by atoms with van der Waals surface area (Å²) >= 11 is 11.8. The summed E-state index contributed by atoms with van der Waals surface area (Å²) in [7, 11) is -4.12. The van der Waals surface area contributed by atoms with Gasteiger partial charge in [-0.15, -0.1) is 0 Å². The third-order valence-electron chi connectivity index (χ3n) is 5.06. The highest BCUT2D eigenvalue weighted by Crippen LogP contribution is 2.65. The van der Waals surface area contributed by atoms with Crippen LogP contribution in [-0.4, -0.2) is 38.8 Å². The van der Waals surface area contributed by atoms with Crippen LogP contribution in [0.2, 0.25) is 10.0 Å². The van der Waals surface area contributed by atoms with Crippen LogP contribution in [0.1, 0.15) is 25.3 Å². The summed E-state index contributed by atoms with van der Waals surface area (Å²) in [5, 5.41) is -0.583. The molecule has 1 saturated carbocycles. The third kappa shape index (κ3) is 3.70. The zero-order valence-electron chi connectivity index (χ0n) is 16.3. The minimum absolute atomic E-state index is 0.0129. The Morgan fingerprint density at radius 3 is 1.73 bits per heavy atom. The van der Waals surface area contributed by atoms with Gasteiger partial charge in [0.2, 0.25) is 0 Å². The summed E-state index contributed by atoms with van der Waals surface area (Å²) in [6, 6.07) is 11.9. The van der Waals surface area contributed by atoms with E-state index >= 15 is 0 Å². The van der Waals surface area contributed by atoms with Gasteiger partial charge in [-0.05, 0) is 55.8 Å². The summed E-state index contributed by atoms with van der Waals surface area (Å²) in [5.74, 6) is -2.83. The molecule has 0 bridgehead atoms. The van der Waals surface area contributed by atoms with Crippen molar-refractivity contribution in [2.24, 2.45) is 5.41 Å². The van der Waals surface area contributed by atoms with Gasteiger partial charge in [-0.1, -0.05) is 35.3 Å². The predicted molar refractivity (Wildman–Crippen MR) is 112 cm³/mol. The molecule has 0 spiro atoms. The summed E-state index contributed by atoms with van der Waals surface area (Å²) in [5.41, 5.74) is -1.53. The number of hydrogen-bond acceptors (Lipinski definition) is 6. The Kier molecular flexibility index (Phi) is 6.45. The van der Waals surface area contributed by atoms with Crippen LogP contribution in [0.15, 0.2) is 53.4 Å². The lowest BCUT2D eigenvalue weighted by molar-refractivity contribution is -0.164. The molecule has 0 amide bonds. The highest BCUT2D eigenvalue weighted by molar-refractivity contribution is 7.92. The molecule has 0 radical (unpaired) electrons. The molecule has 0 aliphatic heterocycles. The molecule has 9 heteroatoms. The second kappa shape index (κ2) is 8.57. The van der Waals surface area contributed by atoms with Crippen molar-refractivity contribution in [2.75, 3.05) is 13.2 Å². The summed E-state index contributed by atoms with van der Waals surface area (Å²) in [6.07, 6.45) is 0. The van der Waals surface area contributed by atoms with E-state index in [9.17, 15) is 18.0 Å². The molecule has 160 valence electrons. The summed E-state index contributed by atoms with van der Waals surface area (Å²) in [4.78, 5) is 26.0. The van der Waals surface area contributed by atoms with Crippen LogP contribution in [0.25, 0.3) is 0 Å². The molecule has 2 aromatic carbocycles. The van der Waals surface area contributed by atoms with Crippen LogP contribution in [-0.2, 0) is 28.9 Å². The molecule has 2 unspecified atom stereocenters. The maximum absolute atomic E-state index is 13.5. The fourth-order valence-electron chi connectivity index (χ4n) is 3.73. The number of carbonyl (C=O) groups is 2. The van der Waals surface area contributed by atoms with Crippen LogP contribution in [0, 0.1) is 5.41 Å². The number of hydrogen-bond donors (Lipinski definition) is 0. The van der Waals surface area contributed by atoms with E-state index in [1.807, 2.05) is 0 Å². The van der Waals surface area contributed by atoms with Crippen LogP contribution >= 0.6 is 23.2 Å². The highest BCUT2D eigenvalue weighted by Gasteiger charge is 2.81. The van der Waals surface area contributed by atoms with E-state index in [1.165, 1.54) is 24.3 Å². The Bertz CT molecular complexity index is 1030. The second-order valence-corrected chi connectivity index (χ2v) is 9.70. The normalized spacial score (nSPS) is 19.7. The fraction of sp³-hybridized carbons (Fsp3) is 0.333. The van der Waals surface area contributed by atoms with Gasteiger partial charge in [0.1, 0.15) is 5.25 Å². The van der Waals surface area contributed by atoms with Crippen molar-refractivity contribution >= 4 is 45.0 Å². The number of sulfone groups is 1. The molecule has 30 heavy (non-hydrogen) atoms. The molecule has 0 aromatic heterocycles. The van der Waals surface area contributed by atoms with Gasteiger partial charge in [0.15, 0.2) is 15.3 Å². The lowest BCUT2D eigenvalue weighted by atomic mass is 9.99. The first-order chi connectivity index (χ1) is 14.2. The number of carbonyl (C=O) groups excluding carboxylic acids is 2. The van der Waals surface area contributed by atoms with Gasteiger partial charge in [-0.2, -0.15) is 0 Å². The molecule has 2 aromatic rings. The van der Waals surface area contributed by atoms with Crippen molar-refractivity contribution in [1.29, 1.82) is 0 Å². The Morgan fingerprint density at radius 1 is 0.867 bits per heavy atom. The summed E-state index contributed by atoms with van der Waals surface area (Å²) < 4.78 is 37.3. The highest BCUT2D eigenvalue weighted by atomic mass is 35.5. The van der Waals surface area contributed by atoms with Crippen molar-refractivity contribution in [2.45, 2.75) is 29.9 Å². The van der Waals surface area contributed by atoms with Crippen LogP contribution in [0.4, 0.5) is 0 Å². The van der Waals surface area contributed by atoms with E-state index in [0.717, 1.165) is 0 Å². The van der Waals surface area contributed by atoms with Crippen LogP contribution in [0.5, 0.6) is 0 Å². The Hall–Kier alpha value is -2.09. The number of esters is 2. The first-order valence-electron chi connectivity index (χ1n) is 9.30. The molecule has 1 aliphatic rings. The van der Waals surface area contributed by atoms with E-state index in [0.29, 0.717) is 15.6 Å². The lowest BCUT2D eigenvalue weighted by Crippen LogP contribution is -2.35. The van der Waals surface area contributed by atoms with Crippen molar-refractivity contribution in [3.63, 3.8) is 0 Å². The molecule has 0 saturated heterocycles. The van der Waals surface area contributed by atoms with Gasteiger partial charge in [0.25, 0.3) is 0 Å². The number of rotatable bonds is 7. The molecule has 1 aliphatic carbocycles. The first kappa shape index (κ1) is 22.6. The number of benzene rings is 2. The Balaban J connectivity index is 2.19. The van der Waals surface area contributed by atoms with Crippen LogP contribution < -0.4 is 0 Å². The monoisotopic (exact) mass is 470 g/mol. The van der Waals surface area contributed by atoms with E-state index in [4.69, 9.17) is 32.7 Å². The molecule has 1 fully saturated rings. The molecule has 3 rings (SSSR count). The second-order valence-electron chi connectivity index (χ2n) is 6.76. The van der Waals surface area contributed by atoms with Gasteiger partial charge >= 0.3 is 11.9 Å². The first-order valence-corrected chi connectivity index (χ1v) is 11.6. The van der Waals surface area contributed by atoms with Gasteiger partial charge in [0.05, 0.1) is 18.1 Å². The zero-order chi connectivity index (χ0) is 22.1. The minimum atomic E-state index is -4.12. The van der Waals surface area contributed by atoms with E-state index in [-0.39, 0.29) is 18.1 Å². The number of ether oxygens (including phenoxy) is 2. The number of halogens is 2. The standard InChI is InChI=1S/C21H20Cl2O6S/c1-3-28-19(24)21(20(25)29-4-2)17(13-5-7-14(22)8-6-13)18(21)30(26,27)16-11-9-15(23)10-12-16/h5-12,17-18H,3-4H2,1-2H3. The smallest absolute Gasteiger partial charge is 0.325 e. The fourth-order valence-corrected chi connectivity index (χ4v) is 6.27. The molecule has 0 heterocycles. The Labute approximate surface area is 185 Å². The maximum atomic E-state index is 13.5. The average Bonchev–Trinajstić information content (AvgIpc) is 3.42. The van der Waals surface area contributed by atoms with E-state index in [1.54, 1.807) is 38.1 Å². The van der Waals surface area contributed by atoms with Crippen molar-refractivity contribution in [1.82, 2.24) is 0 Å². The largest absolute Gasteiger partial charge is 0.465 e. The maximum Gasteiger partial charge on any atom is 0.325 e. The van der Waals surface area contributed by atoms with Crippen molar-refractivity contribution in [3.8, 4) is 0 Å². The topological polar surface area (TPSA) is 86.7 Å². The van der Waals surface area contributed by atoms with E-state index in [2.05, 4.69) is 0 Å². The molecule has 2 atom stereocenters. The third-order valence-corrected chi connectivity index (χ3v) is 7.81. The zero-order valence-corrected chi connectivity index (χ0v) is 18.6. The van der Waals surface area contributed by atoms with Crippen molar-refractivity contribution < 1.29 is 27.5 Å². The average molecular weight is 471 g/mol. The Morgan fingerprint density at radius 2 is 1.30 bits per heavy atom. The quantitative estimate of drug-likeness (QED) is 0.448. The van der Waals surface area contributed by atoms with Gasteiger partial charge in [0, 0.05) is 16.0 Å². The molecule has 6 nitrogen and oxygen atoms in total. The van der Waals surface area contributed by atoms with Crippen LogP contribution in [0.3, 0.4) is 0 Å². The molecular formula is C21H20Cl2O6S. The minimum Gasteiger partial charge on any atom is -0.465 e. The van der Waals surface area contributed by atoms with Gasteiger partial charge in [-0.3, -0.25) is 9.59 Å².